The number of carbonyl (C=O) groups is 2. The zero-order valence-electron chi connectivity index (χ0n) is 17.4. The van der Waals surface area contributed by atoms with Crippen molar-refractivity contribution in [3.8, 4) is 0 Å². The number of urea groups is 1. The van der Waals surface area contributed by atoms with Crippen LogP contribution in [-0.2, 0) is 11.0 Å². The lowest BCUT2D eigenvalue weighted by molar-refractivity contribution is -0.137. The fraction of sp³-hybridized carbons (Fsp3) is 0.429. The summed E-state index contributed by atoms with van der Waals surface area (Å²) >= 11 is 3.22. The summed E-state index contributed by atoms with van der Waals surface area (Å²) < 4.78 is 38.1. The van der Waals surface area contributed by atoms with Crippen LogP contribution in [0.4, 0.5) is 23.7 Å². The van der Waals surface area contributed by atoms with Crippen LogP contribution in [0, 0.1) is 6.92 Å². The van der Waals surface area contributed by atoms with Gasteiger partial charge < -0.3 is 15.1 Å². The van der Waals surface area contributed by atoms with Crippen LogP contribution in [0.5, 0.6) is 0 Å². The number of rotatable bonds is 6. The second-order valence-corrected chi connectivity index (χ2v) is 9.59. The van der Waals surface area contributed by atoms with Crippen LogP contribution in [0.1, 0.15) is 35.2 Å². The van der Waals surface area contributed by atoms with Gasteiger partial charge in [-0.15, -0.1) is 23.1 Å². The topological polar surface area (TPSA) is 52.7 Å². The minimum atomic E-state index is -4.42. The Morgan fingerprint density at radius 2 is 1.90 bits per heavy atom. The van der Waals surface area contributed by atoms with E-state index >= 15 is 0 Å². The number of likely N-dealkylation sites (N-methyl/N-ethyl adjacent to an activating group) is 1. The number of aryl methyl sites for hydroxylation is 1. The molecule has 1 fully saturated rings. The monoisotopic (exact) mass is 471 g/mol. The van der Waals surface area contributed by atoms with Gasteiger partial charge in [-0.1, -0.05) is 0 Å². The number of halogens is 3. The molecule has 1 aliphatic heterocycles. The number of anilines is 1. The van der Waals surface area contributed by atoms with Crippen LogP contribution >= 0.6 is 23.1 Å². The fourth-order valence-corrected chi connectivity index (χ4v) is 5.87. The first-order valence-corrected chi connectivity index (χ1v) is 11.7. The van der Waals surface area contributed by atoms with Crippen molar-refractivity contribution in [3.05, 3.63) is 51.7 Å². The third-order valence-electron chi connectivity index (χ3n) is 5.12. The first-order chi connectivity index (χ1) is 14.6. The fourth-order valence-electron chi connectivity index (χ4n) is 3.32. The quantitative estimate of drug-likeness (QED) is 0.597. The molecule has 3 rings (SSSR count). The second-order valence-electron chi connectivity index (χ2n) is 7.22. The number of carbonyl (C=O) groups excluding carboxylic acids is 2. The predicted molar refractivity (Wildman–Crippen MR) is 118 cm³/mol. The Hall–Kier alpha value is -2.20. The van der Waals surface area contributed by atoms with Gasteiger partial charge in [0.1, 0.15) is 5.37 Å². The highest BCUT2D eigenvalue weighted by atomic mass is 32.2. The van der Waals surface area contributed by atoms with Crippen molar-refractivity contribution >= 4 is 40.7 Å². The molecule has 2 atom stereocenters. The lowest BCUT2D eigenvalue weighted by Crippen LogP contribution is -2.42. The van der Waals surface area contributed by atoms with Gasteiger partial charge in [0.05, 0.1) is 10.8 Å². The van der Waals surface area contributed by atoms with Gasteiger partial charge in [-0.3, -0.25) is 4.79 Å². The molecule has 31 heavy (non-hydrogen) atoms. The number of thiophene rings is 1. The molecule has 1 aromatic carbocycles. The number of hydrogen-bond acceptors (Lipinski definition) is 4. The summed E-state index contributed by atoms with van der Waals surface area (Å²) in [5.74, 6) is 0.0435. The van der Waals surface area contributed by atoms with Gasteiger partial charge in [0, 0.05) is 30.2 Å². The van der Waals surface area contributed by atoms with E-state index in [1.807, 2.05) is 37.1 Å². The summed E-state index contributed by atoms with van der Waals surface area (Å²) in [5.41, 5.74) is 0.652. The first kappa shape index (κ1) is 23.5. The smallest absolute Gasteiger partial charge is 0.323 e. The van der Waals surface area contributed by atoms with Crippen molar-refractivity contribution in [1.29, 1.82) is 0 Å². The molecule has 1 aromatic heterocycles. The highest BCUT2D eigenvalue weighted by molar-refractivity contribution is 8.01. The van der Waals surface area contributed by atoms with Crippen LogP contribution in [0.25, 0.3) is 0 Å². The molecule has 5 nitrogen and oxygen atoms in total. The maximum absolute atomic E-state index is 12.7. The highest BCUT2D eigenvalue weighted by Gasteiger charge is 2.39. The van der Waals surface area contributed by atoms with Crippen LogP contribution < -0.4 is 5.32 Å². The van der Waals surface area contributed by atoms with E-state index in [0.29, 0.717) is 19.6 Å². The average Bonchev–Trinajstić information content (AvgIpc) is 3.25. The molecule has 2 heterocycles. The molecule has 3 amide bonds. The van der Waals surface area contributed by atoms with Gasteiger partial charge in [0.2, 0.25) is 5.91 Å². The number of nitrogens with one attached hydrogen (secondary N) is 1. The van der Waals surface area contributed by atoms with Gasteiger partial charge in [-0.2, -0.15) is 13.2 Å². The molecular weight excluding hydrogens is 447 g/mol. The van der Waals surface area contributed by atoms with Crippen molar-refractivity contribution in [2.45, 2.75) is 37.6 Å². The molecule has 1 N–H and O–H groups in total. The lowest BCUT2D eigenvalue weighted by atomic mass is 10.2. The third-order valence-corrected chi connectivity index (χ3v) is 7.69. The molecule has 0 spiro atoms. The summed E-state index contributed by atoms with van der Waals surface area (Å²) in [7, 11) is 0. The Bertz CT molecular complexity index is 931. The van der Waals surface area contributed by atoms with Gasteiger partial charge in [-0.25, -0.2) is 4.79 Å². The summed E-state index contributed by atoms with van der Waals surface area (Å²) in [6.45, 7) is 6.83. The van der Waals surface area contributed by atoms with Crippen LogP contribution in [0.2, 0.25) is 0 Å². The summed E-state index contributed by atoms with van der Waals surface area (Å²) in [6, 6.07) is 5.93. The van der Waals surface area contributed by atoms with Crippen molar-refractivity contribution in [1.82, 2.24) is 9.80 Å². The van der Waals surface area contributed by atoms with E-state index in [-0.39, 0.29) is 22.2 Å². The molecule has 1 aliphatic rings. The minimum absolute atomic E-state index is 0.0435. The number of thioether (sulfide) groups is 1. The van der Waals surface area contributed by atoms with Gasteiger partial charge in [-0.05, 0) is 62.0 Å². The van der Waals surface area contributed by atoms with E-state index in [9.17, 15) is 22.8 Å². The Morgan fingerprint density at radius 1 is 1.23 bits per heavy atom. The van der Waals surface area contributed by atoms with E-state index in [2.05, 4.69) is 5.32 Å². The molecule has 2 unspecified atom stereocenters. The zero-order chi connectivity index (χ0) is 22.8. The SMILES string of the molecule is CCN(CCN1C(=O)C(C)SC1c1sccc1C)C(=O)Nc1ccc(C(F)(F)F)cc1. The first-order valence-electron chi connectivity index (χ1n) is 9.85. The van der Waals surface area contributed by atoms with Crippen LogP contribution in [0.3, 0.4) is 0 Å². The van der Waals surface area contributed by atoms with Crippen LogP contribution in [-0.4, -0.2) is 46.6 Å². The molecule has 0 bridgehead atoms. The average molecular weight is 472 g/mol. The zero-order valence-corrected chi connectivity index (χ0v) is 19.0. The van der Waals surface area contributed by atoms with Crippen molar-refractivity contribution in [3.63, 3.8) is 0 Å². The maximum atomic E-state index is 12.7. The highest BCUT2D eigenvalue weighted by Crippen LogP contribution is 2.45. The Morgan fingerprint density at radius 3 is 2.45 bits per heavy atom. The predicted octanol–water partition coefficient (Wildman–Crippen LogP) is 5.59. The standard InChI is InChI=1S/C21H24F3N3O2S2/c1-4-26(20(29)25-16-7-5-15(6-8-16)21(22,23)24)10-11-27-18(28)14(3)31-19(27)17-13(2)9-12-30-17/h5-9,12,14,19H,4,10-11H2,1-3H3,(H,25,29). The lowest BCUT2D eigenvalue weighted by Gasteiger charge is -2.28. The van der Waals surface area contributed by atoms with E-state index in [0.717, 1.165) is 22.6 Å². The van der Waals surface area contributed by atoms with E-state index in [1.165, 1.54) is 17.0 Å². The number of nitrogens with zero attached hydrogens (tertiary/aromatic N) is 2. The normalized spacial score (nSPS) is 19.0. The molecule has 0 radical (unpaired) electrons. The van der Waals surface area contributed by atoms with Gasteiger partial charge in [0.25, 0.3) is 0 Å². The Kier molecular flexibility index (Phi) is 7.20. The molecular formula is C21H24F3N3O2S2. The molecule has 10 heteroatoms. The van der Waals surface area contributed by atoms with Gasteiger partial charge in [0.15, 0.2) is 0 Å². The number of alkyl halides is 3. The maximum Gasteiger partial charge on any atom is 0.416 e. The molecule has 168 valence electrons. The summed E-state index contributed by atoms with van der Waals surface area (Å²) in [5, 5.41) is 4.41. The van der Waals surface area contributed by atoms with Gasteiger partial charge >= 0.3 is 12.2 Å². The Balaban J connectivity index is 1.64. The molecule has 0 saturated carbocycles. The molecule has 2 aromatic rings. The molecule has 0 aliphatic carbocycles. The van der Waals surface area contributed by atoms with Crippen molar-refractivity contribution in [2.24, 2.45) is 0 Å². The van der Waals surface area contributed by atoms with E-state index < -0.39 is 17.8 Å². The number of hydrogen-bond donors (Lipinski definition) is 1. The number of benzene rings is 1. The summed E-state index contributed by atoms with van der Waals surface area (Å²) in [6.07, 6.45) is -4.42. The molecule has 1 saturated heterocycles. The Labute approximate surface area is 187 Å². The van der Waals surface area contributed by atoms with Crippen molar-refractivity contribution in [2.75, 3.05) is 25.0 Å². The van der Waals surface area contributed by atoms with E-state index in [1.54, 1.807) is 23.1 Å². The van der Waals surface area contributed by atoms with E-state index in [4.69, 9.17) is 0 Å². The number of amides is 3. The van der Waals surface area contributed by atoms with Crippen LogP contribution in [0.15, 0.2) is 35.7 Å². The third kappa shape index (κ3) is 5.35. The minimum Gasteiger partial charge on any atom is -0.323 e. The van der Waals surface area contributed by atoms with Crippen molar-refractivity contribution < 1.29 is 22.8 Å². The second kappa shape index (κ2) is 9.52. The largest absolute Gasteiger partial charge is 0.416 e. The summed E-state index contributed by atoms with van der Waals surface area (Å²) in [4.78, 5) is 29.8.